The summed E-state index contributed by atoms with van der Waals surface area (Å²) in [5.74, 6) is 0.526. The van der Waals surface area contributed by atoms with E-state index in [1.807, 2.05) is 20.8 Å². The van der Waals surface area contributed by atoms with Crippen molar-refractivity contribution >= 4 is 17.7 Å². The highest BCUT2D eigenvalue weighted by Crippen LogP contribution is 2.49. The first-order valence-corrected chi connectivity index (χ1v) is 9.37. The van der Waals surface area contributed by atoms with E-state index in [4.69, 9.17) is 10.5 Å². The fraction of sp³-hybridized carbons (Fsp3) is 0.611. The molecule has 134 valence electrons. The van der Waals surface area contributed by atoms with Crippen molar-refractivity contribution in [3.63, 3.8) is 0 Å². The molecule has 0 aromatic heterocycles. The lowest BCUT2D eigenvalue weighted by Gasteiger charge is -2.57. The van der Waals surface area contributed by atoms with Crippen LogP contribution >= 0.6 is 11.8 Å². The Balaban J connectivity index is 1.71. The molecule has 1 aliphatic rings. The summed E-state index contributed by atoms with van der Waals surface area (Å²) in [5.41, 5.74) is 5.10. The fourth-order valence-corrected chi connectivity index (χ4v) is 3.83. The van der Waals surface area contributed by atoms with Gasteiger partial charge in [0, 0.05) is 29.9 Å². The van der Waals surface area contributed by atoms with Crippen LogP contribution < -0.4 is 11.1 Å². The molecule has 2 unspecified atom stereocenters. The van der Waals surface area contributed by atoms with Gasteiger partial charge in [-0.25, -0.2) is 4.39 Å². The first-order chi connectivity index (χ1) is 11.3. The molecule has 0 bridgehead atoms. The zero-order chi connectivity index (χ0) is 17.8. The van der Waals surface area contributed by atoms with Gasteiger partial charge >= 0.3 is 0 Å². The Bertz CT molecular complexity index is 565. The molecule has 3 N–H and O–H groups in total. The van der Waals surface area contributed by atoms with Crippen LogP contribution in [0.2, 0.25) is 0 Å². The molecule has 1 aliphatic carbocycles. The Hall–Kier alpha value is -1.11. The molecule has 0 aliphatic heterocycles. The van der Waals surface area contributed by atoms with E-state index in [0.29, 0.717) is 19.6 Å². The van der Waals surface area contributed by atoms with Crippen LogP contribution in [0.5, 0.6) is 0 Å². The number of carbonyl (C=O) groups excluding carboxylic acids is 1. The Kier molecular flexibility index (Phi) is 6.28. The third kappa shape index (κ3) is 3.92. The predicted molar refractivity (Wildman–Crippen MR) is 95.5 cm³/mol. The van der Waals surface area contributed by atoms with Gasteiger partial charge in [-0.15, -0.1) is 11.8 Å². The van der Waals surface area contributed by atoms with Crippen molar-refractivity contribution in [3.05, 3.63) is 30.1 Å². The molecule has 0 heterocycles. The molecule has 2 rings (SSSR count). The Labute approximate surface area is 147 Å². The van der Waals surface area contributed by atoms with Crippen LogP contribution in [0.25, 0.3) is 0 Å². The molecule has 4 nitrogen and oxygen atoms in total. The van der Waals surface area contributed by atoms with E-state index >= 15 is 0 Å². The van der Waals surface area contributed by atoms with Crippen molar-refractivity contribution in [1.29, 1.82) is 0 Å². The normalized spacial score (nSPS) is 25.1. The number of hydrogen-bond donors (Lipinski definition) is 2. The lowest BCUT2D eigenvalue weighted by atomic mass is 9.54. The fourth-order valence-electron chi connectivity index (χ4n) is 2.97. The Morgan fingerprint density at radius 2 is 2.08 bits per heavy atom. The van der Waals surface area contributed by atoms with Crippen LogP contribution in [0.4, 0.5) is 4.39 Å². The summed E-state index contributed by atoms with van der Waals surface area (Å²) in [6.07, 6.45) is 1.43. The van der Waals surface area contributed by atoms with E-state index < -0.39 is 5.54 Å². The molecule has 0 radical (unpaired) electrons. The number of nitrogens with one attached hydrogen (secondary N) is 1. The zero-order valence-corrected chi connectivity index (χ0v) is 15.4. The van der Waals surface area contributed by atoms with E-state index in [1.54, 1.807) is 23.9 Å². The number of rotatable bonds is 8. The highest BCUT2D eigenvalue weighted by Gasteiger charge is 2.62. The molecule has 1 aromatic carbocycles. The van der Waals surface area contributed by atoms with Crippen LogP contribution in [0.1, 0.15) is 33.6 Å². The summed E-state index contributed by atoms with van der Waals surface area (Å²) < 4.78 is 18.5. The average molecular weight is 354 g/mol. The second kappa shape index (κ2) is 7.85. The van der Waals surface area contributed by atoms with E-state index in [1.165, 1.54) is 12.1 Å². The van der Waals surface area contributed by atoms with Gasteiger partial charge in [-0.1, -0.05) is 13.8 Å². The number of amides is 1. The maximum atomic E-state index is 12.8. The molecule has 2 atom stereocenters. The molecular formula is C18H27FN2O2S. The number of halogens is 1. The van der Waals surface area contributed by atoms with Crippen molar-refractivity contribution in [2.75, 3.05) is 18.9 Å². The van der Waals surface area contributed by atoms with E-state index in [0.717, 1.165) is 17.1 Å². The second-order valence-electron chi connectivity index (χ2n) is 6.75. The minimum atomic E-state index is -0.864. The highest BCUT2D eigenvalue weighted by atomic mass is 32.2. The van der Waals surface area contributed by atoms with Crippen molar-refractivity contribution < 1.29 is 13.9 Å². The molecule has 1 amide bonds. The molecular weight excluding hydrogens is 327 g/mol. The maximum Gasteiger partial charge on any atom is 0.240 e. The number of ether oxygens (including phenoxy) is 1. The summed E-state index contributed by atoms with van der Waals surface area (Å²) in [7, 11) is 0. The number of thioether (sulfide) groups is 1. The molecule has 1 saturated carbocycles. The largest absolute Gasteiger partial charge is 0.378 e. The first-order valence-electron chi connectivity index (χ1n) is 8.38. The van der Waals surface area contributed by atoms with Gasteiger partial charge in [0.1, 0.15) is 11.4 Å². The summed E-state index contributed by atoms with van der Waals surface area (Å²) in [5, 5.41) is 2.95. The number of nitrogens with two attached hydrogens (primary N) is 1. The van der Waals surface area contributed by atoms with Gasteiger partial charge in [-0.2, -0.15) is 0 Å². The second-order valence-corrected chi connectivity index (χ2v) is 7.92. The predicted octanol–water partition coefficient (Wildman–Crippen LogP) is 2.96. The standard InChI is InChI=1S/C18H27FN2O2S/c1-4-23-15-12-18(20,17(15,2)3)16(22)21-10-5-11-24-14-8-6-13(19)7-9-14/h6-9,15H,4-5,10-12,20H2,1-3H3,(H,21,22). The topological polar surface area (TPSA) is 64.3 Å². The van der Waals surface area contributed by atoms with E-state index in [9.17, 15) is 9.18 Å². The smallest absolute Gasteiger partial charge is 0.240 e. The van der Waals surface area contributed by atoms with Crippen LogP contribution in [0.3, 0.4) is 0 Å². The van der Waals surface area contributed by atoms with Gasteiger partial charge in [0.15, 0.2) is 0 Å². The van der Waals surface area contributed by atoms with Gasteiger partial charge in [0.25, 0.3) is 0 Å². The number of hydrogen-bond acceptors (Lipinski definition) is 4. The van der Waals surface area contributed by atoms with Crippen molar-refractivity contribution in [1.82, 2.24) is 5.32 Å². The molecule has 6 heteroatoms. The first kappa shape index (κ1) is 19.2. The number of benzene rings is 1. The van der Waals surface area contributed by atoms with Crippen LogP contribution in [-0.2, 0) is 9.53 Å². The summed E-state index contributed by atoms with van der Waals surface area (Å²) in [6, 6.07) is 6.43. The minimum absolute atomic E-state index is 0.0345. The monoisotopic (exact) mass is 354 g/mol. The summed E-state index contributed by atoms with van der Waals surface area (Å²) >= 11 is 1.65. The van der Waals surface area contributed by atoms with Gasteiger partial charge in [0.2, 0.25) is 5.91 Å². The van der Waals surface area contributed by atoms with Crippen molar-refractivity contribution in [2.24, 2.45) is 11.1 Å². The summed E-state index contributed by atoms with van der Waals surface area (Å²) in [6.45, 7) is 7.14. The van der Waals surface area contributed by atoms with Crippen molar-refractivity contribution in [3.8, 4) is 0 Å². The number of carbonyl (C=O) groups is 1. The molecule has 0 spiro atoms. The third-order valence-electron chi connectivity index (χ3n) is 4.92. The van der Waals surface area contributed by atoms with E-state index in [2.05, 4.69) is 5.32 Å². The molecule has 1 aromatic rings. The van der Waals surface area contributed by atoms with Crippen LogP contribution in [-0.4, -0.2) is 36.5 Å². The molecule has 0 saturated heterocycles. The third-order valence-corrected chi connectivity index (χ3v) is 6.02. The molecule has 24 heavy (non-hydrogen) atoms. The SMILES string of the molecule is CCOC1CC(N)(C(=O)NCCCSc2ccc(F)cc2)C1(C)C. The van der Waals surface area contributed by atoms with Gasteiger partial charge < -0.3 is 15.8 Å². The van der Waals surface area contributed by atoms with Crippen LogP contribution in [0.15, 0.2) is 29.2 Å². The Morgan fingerprint density at radius 3 is 2.67 bits per heavy atom. The Morgan fingerprint density at radius 1 is 1.42 bits per heavy atom. The van der Waals surface area contributed by atoms with Gasteiger partial charge in [-0.3, -0.25) is 4.79 Å². The lowest BCUT2D eigenvalue weighted by Crippen LogP contribution is -2.75. The highest BCUT2D eigenvalue weighted by molar-refractivity contribution is 7.99. The average Bonchev–Trinajstić information content (AvgIpc) is 2.55. The van der Waals surface area contributed by atoms with E-state index in [-0.39, 0.29) is 23.2 Å². The lowest BCUT2D eigenvalue weighted by molar-refractivity contribution is -0.170. The van der Waals surface area contributed by atoms with Crippen molar-refractivity contribution in [2.45, 2.75) is 50.2 Å². The zero-order valence-electron chi connectivity index (χ0n) is 14.6. The van der Waals surface area contributed by atoms with Gasteiger partial charge in [0.05, 0.1) is 6.10 Å². The minimum Gasteiger partial charge on any atom is -0.378 e. The molecule has 1 fully saturated rings. The maximum absolute atomic E-state index is 12.8. The van der Waals surface area contributed by atoms with Gasteiger partial charge in [-0.05, 0) is 43.4 Å². The van der Waals surface area contributed by atoms with Crippen LogP contribution in [0, 0.1) is 11.2 Å². The summed E-state index contributed by atoms with van der Waals surface area (Å²) in [4.78, 5) is 13.5. The quantitative estimate of drug-likeness (QED) is 0.556.